The molecule has 2 heteroatoms. The Hall–Kier alpha value is 0.177. The van der Waals surface area contributed by atoms with Gasteiger partial charge in [0, 0.05) is 7.11 Å². The maximum atomic E-state index is 5.58. The summed E-state index contributed by atoms with van der Waals surface area (Å²) in [4.78, 5) is 0. The molecular formula is C8H18OSi. The Morgan fingerprint density at radius 3 is 1.90 bits per heavy atom. The van der Waals surface area contributed by atoms with Gasteiger partial charge >= 0.3 is 0 Å². The van der Waals surface area contributed by atoms with E-state index >= 15 is 0 Å². The topological polar surface area (TPSA) is 9.23 Å². The number of hydrogen-bond donors (Lipinski definition) is 0. The van der Waals surface area contributed by atoms with E-state index in [-0.39, 0.29) is 0 Å². The predicted octanol–water partition coefficient (Wildman–Crippen LogP) is 2.78. The van der Waals surface area contributed by atoms with Crippen molar-refractivity contribution in [2.45, 2.75) is 44.3 Å². The van der Waals surface area contributed by atoms with Crippen LogP contribution in [0.1, 0.15) is 26.2 Å². The lowest BCUT2D eigenvalue weighted by Crippen LogP contribution is -2.46. The third kappa shape index (κ3) is 1.03. The Labute approximate surface area is 64.9 Å². The van der Waals surface area contributed by atoms with Gasteiger partial charge in [0.15, 0.2) is 8.32 Å². The first-order chi connectivity index (χ1) is 4.52. The maximum absolute atomic E-state index is 5.58. The summed E-state index contributed by atoms with van der Waals surface area (Å²) in [5.74, 6) is 0. The summed E-state index contributed by atoms with van der Waals surface area (Å²) in [5.41, 5.74) is 0. The highest BCUT2D eigenvalue weighted by Crippen LogP contribution is 2.54. The highest BCUT2D eigenvalue weighted by molar-refractivity contribution is 6.74. The van der Waals surface area contributed by atoms with Gasteiger partial charge in [-0.1, -0.05) is 13.3 Å². The van der Waals surface area contributed by atoms with E-state index in [9.17, 15) is 0 Å². The molecule has 1 rings (SSSR count). The fraction of sp³-hybridized carbons (Fsp3) is 1.00. The molecule has 0 bridgehead atoms. The Morgan fingerprint density at radius 1 is 1.30 bits per heavy atom. The van der Waals surface area contributed by atoms with E-state index in [1.54, 1.807) is 0 Å². The van der Waals surface area contributed by atoms with Crippen LogP contribution >= 0.6 is 0 Å². The van der Waals surface area contributed by atoms with E-state index in [1.165, 1.54) is 19.3 Å². The molecule has 60 valence electrons. The molecule has 0 aromatic rings. The van der Waals surface area contributed by atoms with Gasteiger partial charge in [0.2, 0.25) is 0 Å². The van der Waals surface area contributed by atoms with Crippen LogP contribution in [0.3, 0.4) is 0 Å². The van der Waals surface area contributed by atoms with E-state index in [4.69, 9.17) is 4.43 Å². The predicted molar refractivity (Wildman–Crippen MR) is 46.7 cm³/mol. The quantitative estimate of drug-likeness (QED) is 0.561. The summed E-state index contributed by atoms with van der Waals surface area (Å²) in [7, 11) is 0.553. The van der Waals surface area contributed by atoms with Crippen LogP contribution in [0, 0.1) is 0 Å². The van der Waals surface area contributed by atoms with Crippen molar-refractivity contribution >= 4 is 8.32 Å². The zero-order chi connectivity index (χ0) is 7.83. The fourth-order valence-corrected chi connectivity index (χ4v) is 3.61. The van der Waals surface area contributed by atoms with E-state index in [0.717, 1.165) is 0 Å². The Kier molecular flexibility index (Phi) is 1.94. The molecule has 0 aromatic heterocycles. The largest absolute Gasteiger partial charge is 0.420 e. The van der Waals surface area contributed by atoms with Gasteiger partial charge in [0.25, 0.3) is 0 Å². The van der Waals surface area contributed by atoms with Gasteiger partial charge in [-0.25, -0.2) is 0 Å². The summed E-state index contributed by atoms with van der Waals surface area (Å²) in [6, 6.07) is 0. The molecule has 0 aliphatic heterocycles. The first-order valence-electron chi connectivity index (χ1n) is 4.07. The first kappa shape index (κ1) is 8.28. The van der Waals surface area contributed by atoms with E-state index in [1.807, 2.05) is 7.11 Å². The third-order valence-corrected chi connectivity index (χ3v) is 7.85. The van der Waals surface area contributed by atoms with Crippen LogP contribution < -0.4 is 0 Å². The van der Waals surface area contributed by atoms with Crippen molar-refractivity contribution in [2.75, 3.05) is 7.11 Å². The zero-order valence-electron chi connectivity index (χ0n) is 7.53. The van der Waals surface area contributed by atoms with Crippen LogP contribution in [0.25, 0.3) is 0 Å². The zero-order valence-corrected chi connectivity index (χ0v) is 8.53. The average molecular weight is 158 g/mol. The molecule has 1 aliphatic rings. The summed E-state index contributed by atoms with van der Waals surface area (Å²) in [6.45, 7) is 7.03. The molecule has 0 amide bonds. The molecule has 1 aliphatic carbocycles. The molecule has 0 saturated heterocycles. The van der Waals surface area contributed by atoms with Gasteiger partial charge in [-0.3, -0.25) is 0 Å². The van der Waals surface area contributed by atoms with Crippen molar-refractivity contribution < 1.29 is 4.43 Å². The normalized spacial score (nSPS) is 24.0. The van der Waals surface area contributed by atoms with Crippen LogP contribution in [-0.4, -0.2) is 15.4 Å². The fourth-order valence-electron chi connectivity index (χ4n) is 1.56. The smallest absolute Gasteiger partial charge is 0.192 e. The molecule has 0 aromatic carbocycles. The van der Waals surface area contributed by atoms with Crippen LogP contribution in [0.4, 0.5) is 0 Å². The van der Waals surface area contributed by atoms with Crippen LogP contribution in [-0.2, 0) is 4.43 Å². The minimum Gasteiger partial charge on any atom is -0.420 e. The number of hydrogen-bond acceptors (Lipinski definition) is 1. The van der Waals surface area contributed by atoms with Crippen molar-refractivity contribution in [3.05, 3.63) is 0 Å². The van der Waals surface area contributed by atoms with Crippen molar-refractivity contribution in [1.29, 1.82) is 0 Å². The summed E-state index contributed by atoms with van der Waals surface area (Å²) in [6.07, 6.45) is 4.19. The Balaban J connectivity index is 2.61. The average Bonchev–Trinajstić information content (AvgIpc) is 1.82. The molecule has 0 heterocycles. The van der Waals surface area contributed by atoms with Gasteiger partial charge in [-0.15, -0.1) is 0 Å². The second-order valence-electron chi connectivity index (χ2n) is 4.13. The Morgan fingerprint density at radius 2 is 1.80 bits per heavy atom. The maximum Gasteiger partial charge on any atom is 0.192 e. The monoisotopic (exact) mass is 158 g/mol. The van der Waals surface area contributed by atoms with E-state index in [0.29, 0.717) is 5.04 Å². The molecule has 0 unspecified atom stereocenters. The van der Waals surface area contributed by atoms with Gasteiger partial charge in [0.05, 0.1) is 0 Å². The third-order valence-electron chi connectivity index (χ3n) is 3.42. The Bertz CT molecular complexity index is 118. The molecular weight excluding hydrogens is 140 g/mol. The molecule has 1 saturated carbocycles. The van der Waals surface area contributed by atoms with Crippen molar-refractivity contribution in [3.63, 3.8) is 0 Å². The summed E-state index contributed by atoms with van der Waals surface area (Å²) >= 11 is 0. The summed E-state index contributed by atoms with van der Waals surface area (Å²) < 4.78 is 5.58. The lowest BCUT2D eigenvalue weighted by atomic mass is 9.86. The van der Waals surface area contributed by atoms with Crippen molar-refractivity contribution in [2.24, 2.45) is 0 Å². The highest BCUT2D eigenvalue weighted by Gasteiger charge is 2.47. The summed E-state index contributed by atoms with van der Waals surface area (Å²) in [5, 5.41) is 0.585. The minimum absolute atomic E-state index is 0.585. The molecule has 1 nitrogen and oxygen atoms in total. The molecule has 0 spiro atoms. The van der Waals surface area contributed by atoms with Crippen LogP contribution in [0.5, 0.6) is 0 Å². The van der Waals surface area contributed by atoms with Crippen LogP contribution in [0.2, 0.25) is 18.1 Å². The van der Waals surface area contributed by atoms with E-state index in [2.05, 4.69) is 20.0 Å². The molecule has 1 fully saturated rings. The molecule has 0 atom stereocenters. The SMILES string of the molecule is CO[Si](C)(C)C1(C)CCC1. The lowest BCUT2D eigenvalue weighted by Gasteiger charge is -2.48. The second-order valence-corrected chi connectivity index (χ2v) is 8.76. The van der Waals surface area contributed by atoms with Gasteiger partial charge in [-0.2, -0.15) is 0 Å². The van der Waals surface area contributed by atoms with Crippen molar-refractivity contribution in [3.8, 4) is 0 Å². The van der Waals surface area contributed by atoms with Crippen LogP contribution in [0.15, 0.2) is 0 Å². The first-order valence-corrected chi connectivity index (χ1v) is 6.98. The van der Waals surface area contributed by atoms with E-state index < -0.39 is 8.32 Å². The molecule has 10 heavy (non-hydrogen) atoms. The highest BCUT2D eigenvalue weighted by atomic mass is 28.4. The van der Waals surface area contributed by atoms with Gasteiger partial charge in [0.1, 0.15) is 0 Å². The van der Waals surface area contributed by atoms with Gasteiger partial charge < -0.3 is 4.43 Å². The second kappa shape index (κ2) is 2.34. The lowest BCUT2D eigenvalue weighted by molar-refractivity contribution is 0.278. The van der Waals surface area contributed by atoms with Crippen molar-refractivity contribution in [1.82, 2.24) is 0 Å². The van der Waals surface area contributed by atoms with Gasteiger partial charge in [-0.05, 0) is 31.0 Å². The molecule has 0 radical (unpaired) electrons. The standard InChI is InChI=1S/C8H18OSi/c1-8(6-5-7-8)10(3,4)9-2/h5-7H2,1-4H3. The number of rotatable bonds is 2. The molecule has 0 N–H and O–H groups in total. The minimum atomic E-state index is -1.32.